The Balaban J connectivity index is 1.44. The summed E-state index contributed by atoms with van der Waals surface area (Å²) in [5.74, 6) is -5.20. The van der Waals surface area contributed by atoms with Crippen molar-refractivity contribution >= 4 is 5.97 Å². The summed E-state index contributed by atoms with van der Waals surface area (Å²) in [7, 11) is 0. The molecule has 1 spiro atoms. The lowest BCUT2D eigenvalue weighted by Gasteiger charge is -2.60. The molecule has 20 atom stereocenters. The van der Waals surface area contributed by atoms with E-state index in [1.807, 2.05) is 34.6 Å². The van der Waals surface area contributed by atoms with Gasteiger partial charge in [-0.3, -0.25) is 4.79 Å². The largest absolute Gasteiger partial charge is 0.435 e. The molecule has 47 heavy (non-hydrogen) atoms. The van der Waals surface area contributed by atoms with Gasteiger partial charge < -0.3 is 59.1 Å². The van der Waals surface area contributed by atoms with Gasteiger partial charge in [-0.25, -0.2) is 0 Å². The highest BCUT2D eigenvalue weighted by atomic mass is 16.7. The number of carbonyl (C=O) groups excluding carboxylic acids is 1. The highest BCUT2D eigenvalue weighted by molar-refractivity contribution is 5.73. The summed E-state index contributed by atoms with van der Waals surface area (Å²) in [5, 5.41) is 65.3. The molecule has 4 heterocycles. The van der Waals surface area contributed by atoms with E-state index in [2.05, 4.69) is 0 Å². The van der Waals surface area contributed by atoms with Crippen LogP contribution in [-0.2, 0) is 33.2 Å². The van der Waals surface area contributed by atoms with Crippen LogP contribution < -0.4 is 0 Å². The first-order chi connectivity index (χ1) is 21.8. The lowest BCUT2D eigenvalue weighted by Crippen LogP contribution is -2.70. The fourth-order valence-corrected chi connectivity index (χ4v) is 8.27. The first-order valence-electron chi connectivity index (χ1n) is 17.4. The Hall–Kier alpha value is -0.970. The third-order valence-corrected chi connectivity index (χ3v) is 11.7. The molecular weight excluding hydrogens is 616 g/mol. The van der Waals surface area contributed by atoms with Crippen LogP contribution in [0.1, 0.15) is 88.5 Å². The van der Waals surface area contributed by atoms with Crippen molar-refractivity contribution in [1.82, 2.24) is 0 Å². The van der Waals surface area contributed by atoms with Gasteiger partial charge in [0.15, 0.2) is 12.1 Å². The second kappa shape index (κ2) is 14.7. The number of esters is 1. The molecule has 0 radical (unpaired) electrons. The van der Waals surface area contributed by atoms with Crippen molar-refractivity contribution in [3.05, 3.63) is 0 Å². The molecule has 0 aromatic heterocycles. The Bertz CT molecular complexity index is 1040. The highest BCUT2D eigenvalue weighted by Gasteiger charge is 2.62. The van der Waals surface area contributed by atoms with Gasteiger partial charge in [-0.05, 0) is 34.1 Å². The Kier molecular flexibility index (Phi) is 12.2. The number of hydrogen-bond acceptors (Lipinski definition) is 13. The van der Waals surface area contributed by atoms with Crippen LogP contribution in [0.25, 0.3) is 0 Å². The maximum absolute atomic E-state index is 13.6. The third kappa shape index (κ3) is 7.42. The van der Waals surface area contributed by atoms with Crippen LogP contribution in [-0.4, -0.2) is 122 Å². The van der Waals surface area contributed by atoms with Crippen LogP contribution in [0, 0.1) is 35.5 Å². The number of aliphatic hydroxyl groups excluding tert-OH is 5. The average molecular weight is 677 g/mol. The fraction of sp³-hybridized carbons (Fsp3) is 0.971. The summed E-state index contributed by atoms with van der Waals surface area (Å²) in [4.78, 5) is 13.6. The molecule has 274 valence electrons. The zero-order chi connectivity index (χ0) is 35.3. The summed E-state index contributed by atoms with van der Waals surface area (Å²) in [6.45, 7) is 17.5. The number of hydrogen-bond donors (Lipinski definition) is 6. The highest BCUT2D eigenvalue weighted by Crippen LogP contribution is 2.51. The third-order valence-electron chi connectivity index (χ3n) is 11.7. The topological polar surface area (TPSA) is 194 Å². The molecule has 4 aliphatic heterocycles. The Morgan fingerprint density at radius 2 is 1.40 bits per heavy atom. The Labute approximate surface area is 278 Å². The van der Waals surface area contributed by atoms with Gasteiger partial charge in [0.2, 0.25) is 6.29 Å². The predicted molar refractivity (Wildman–Crippen MR) is 167 cm³/mol. The summed E-state index contributed by atoms with van der Waals surface area (Å²) < 4.78 is 36.7. The second-order valence-corrected chi connectivity index (χ2v) is 15.2. The zero-order valence-electron chi connectivity index (χ0n) is 29.6. The van der Waals surface area contributed by atoms with Gasteiger partial charge in [0.05, 0.1) is 60.4 Å². The van der Waals surface area contributed by atoms with Crippen LogP contribution in [0.3, 0.4) is 0 Å². The predicted octanol–water partition coefficient (Wildman–Crippen LogP) is 1.46. The molecule has 4 aliphatic rings. The van der Waals surface area contributed by atoms with E-state index in [9.17, 15) is 35.4 Å². The zero-order valence-corrected chi connectivity index (χ0v) is 29.6. The molecule has 0 aromatic rings. The molecule has 2 unspecified atom stereocenters. The van der Waals surface area contributed by atoms with Gasteiger partial charge >= 0.3 is 5.97 Å². The van der Waals surface area contributed by atoms with Crippen molar-refractivity contribution in [2.75, 3.05) is 0 Å². The SMILES string of the molecule is CC[C@H](O)C(C)[C@H]1O[C@]2(O[C@H](C(C)C(=O)O[C@H]3C[C@@H](O)[C@H](O[C@H]4C[C@](C)(O)[C@H](O)[C@@H](C)O4)[C@@H](C)O3)[C@H](C)[C@H](O)[C@H]2C)[C@@H](C)[C@@H](O)[C@H]1C. The smallest absolute Gasteiger partial charge is 0.313 e. The van der Waals surface area contributed by atoms with E-state index >= 15 is 0 Å². The van der Waals surface area contributed by atoms with Crippen LogP contribution in [0.4, 0.5) is 0 Å². The number of aliphatic hydroxyl groups is 6. The Morgan fingerprint density at radius 1 is 0.872 bits per heavy atom. The molecule has 13 nitrogen and oxygen atoms in total. The van der Waals surface area contributed by atoms with Gasteiger partial charge in [-0.15, -0.1) is 0 Å². The molecule has 4 rings (SSSR count). The van der Waals surface area contributed by atoms with E-state index in [1.54, 1.807) is 27.7 Å². The Morgan fingerprint density at radius 3 is 1.94 bits per heavy atom. The first kappa shape index (κ1) is 38.8. The van der Waals surface area contributed by atoms with Crippen molar-refractivity contribution in [2.24, 2.45) is 35.5 Å². The molecular formula is C34H60O13. The molecule has 13 heteroatoms. The van der Waals surface area contributed by atoms with E-state index in [0.29, 0.717) is 6.42 Å². The van der Waals surface area contributed by atoms with Gasteiger partial charge in [-0.2, -0.15) is 0 Å². The normalized spacial score (nSPS) is 51.3. The minimum Gasteiger partial charge on any atom is -0.435 e. The lowest BCUT2D eigenvalue weighted by molar-refractivity contribution is -0.410. The standard InChI is InChI=1S/C34H60O13/c1-11-22(35)14(2)28-15(3)26(37)18(6)34(46-28)19(7)27(38)16(4)29(47-34)17(5)32(40)45-24-12-23(36)30(20(8)42-24)44-25-13-33(10,41)31(39)21(9)43-25/h14-31,35-39,41H,11-13H2,1-10H3/t14?,15-,16-,17?,18+,19-,20-,21-,22+,23-,24+,25+,26+,27+,28-,29+,30-,31-,33+,34+/m1/s1. The van der Waals surface area contributed by atoms with Gasteiger partial charge in [-0.1, -0.05) is 41.5 Å². The van der Waals surface area contributed by atoms with Crippen molar-refractivity contribution in [1.29, 1.82) is 0 Å². The summed E-state index contributed by atoms with van der Waals surface area (Å²) >= 11 is 0. The van der Waals surface area contributed by atoms with E-state index in [1.165, 1.54) is 6.92 Å². The minimum absolute atomic E-state index is 0.00692. The molecule has 0 aliphatic carbocycles. The summed E-state index contributed by atoms with van der Waals surface area (Å²) in [6.07, 6.45) is -9.83. The number of rotatable bonds is 8. The molecule has 4 fully saturated rings. The quantitative estimate of drug-likeness (QED) is 0.203. The van der Waals surface area contributed by atoms with Crippen molar-refractivity contribution in [2.45, 2.75) is 174 Å². The molecule has 0 aromatic carbocycles. The van der Waals surface area contributed by atoms with E-state index < -0.39 is 115 Å². The maximum atomic E-state index is 13.6. The second-order valence-electron chi connectivity index (χ2n) is 15.2. The maximum Gasteiger partial charge on any atom is 0.313 e. The van der Waals surface area contributed by atoms with Crippen molar-refractivity contribution < 1.29 is 63.9 Å². The van der Waals surface area contributed by atoms with Gasteiger partial charge in [0.1, 0.15) is 12.2 Å². The average Bonchev–Trinajstić information content (AvgIpc) is 3.01. The van der Waals surface area contributed by atoms with E-state index in [-0.39, 0.29) is 24.7 Å². The first-order valence-corrected chi connectivity index (χ1v) is 17.4. The molecule has 6 N–H and O–H groups in total. The van der Waals surface area contributed by atoms with Crippen molar-refractivity contribution in [3.8, 4) is 0 Å². The van der Waals surface area contributed by atoms with E-state index in [0.717, 1.165) is 0 Å². The minimum atomic E-state index is -1.44. The van der Waals surface area contributed by atoms with Crippen LogP contribution in [0.15, 0.2) is 0 Å². The summed E-state index contributed by atoms with van der Waals surface area (Å²) in [6, 6.07) is 0. The number of carbonyl (C=O) groups is 1. The molecule has 4 saturated heterocycles. The van der Waals surface area contributed by atoms with Crippen molar-refractivity contribution in [3.63, 3.8) is 0 Å². The fourth-order valence-electron chi connectivity index (χ4n) is 8.27. The lowest BCUT2D eigenvalue weighted by atomic mass is 9.68. The van der Waals surface area contributed by atoms with Crippen LogP contribution >= 0.6 is 0 Å². The molecule has 0 amide bonds. The van der Waals surface area contributed by atoms with Crippen LogP contribution in [0.2, 0.25) is 0 Å². The monoisotopic (exact) mass is 676 g/mol. The van der Waals surface area contributed by atoms with Crippen LogP contribution in [0.5, 0.6) is 0 Å². The van der Waals surface area contributed by atoms with E-state index in [4.69, 9.17) is 28.4 Å². The van der Waals surface area contributed by atoms with Gasteiger partial charge in [0, 0.05) is 42.4 Å². The summed E-state index contributed by atoms with van der Waals surface area (Å²) in [5.41, 5.74) is -1.44. The number of ether oxygens (including phenoxy) is 6. The van der Waals surface area contributed by atoms with Gasteiger partial charge in [0.25, 0.3) is 0 Å². The molecule has 0 saturated carbocycles. The molecule has 0 bridgehead atoms.